The molecule has 0 aliphatic heterocycles. The van der Waals surface area contributed by atoms with E-state index in [2.05, 4.69) is 5.32 Å². The second-order valence-corrected chi connectivity index (χ2v) is 5.94. The Labute approximate surface area is 125 Å². The molecule has 1 aliphatic carbocycles. The fourth-order valence-corrected chi connectivity index (χ4v) is 2.98. The van der Waals surface area contributed by atoms with Gasteiger partial charge in [-0.05, 0) is 30.9 Å². The highest BCUT2D eigenvalue weighted by molar-refractivity contribution is 6.35. The summed E-state index contributed by atoms with van der Waals surface area (Å²) >= 11 is 5.95. The van der Waals surface area contributed by atoms with Crippen LogP contribution in [0.3, 0.4) is 0 Å². The van der Waals surface area contributed by atoms with Gasteiger partial charge in [-0.15, -0.1) is 0 Å². The third kappa shape index (κ3) is 4.14. The molecule has 2 N–H and O–H groups in total. The Morgan fingerprint density at radius 3 is 2.55 bits per heavy atom. The van der Waals surface area contributed by atoms with Crippen molar-refractivity contribution in [3.05, 3.63) is 28.8 Å². The van der Waals surface area contributed by atoms with Crippen LogP contribution in [0.25, 0.3) is 0 Å². The van der Waals surface area contributed by atoms with Gasteiger partial charge in [-0.3, -0.25) is 4.79 Å². The van der Waals surface area contributed by atoms with E-state index in [-0.39, 0.29) is 16.7 Å². The van der Waals surface area contributed by atoms with Crippen molar-refractivity contribution in [2.24, 2.45) is 5.92 Å². The minimum atomic E-state index is -0.201. The number of benzene rings is 1. The molecule has 0 bridgehead atoms. The summed E-state index contributed by atoms with van der Waals surface area (Å²) < 4.78 is 0. The molecule has 0 spiro atoms. The normalized spacial score (nSPS) is 17.2. The van der Waals surface area contributed by atoms with Gasteiger partial charge in [0, 0.05) is 6.54 Å². The van der Waals surface area contributed by atoms with Crippen LogP contribution < -0.4 is 5.32 Å². The average Bonchev–Trinajstić information content (AvgIpc) is 2.40. The van der Waals surface area contributed by atoms with Crippen molar-refractivity contribution in [2.45, 2.75) is 44.9 Å². The van der Waals surface area contributed by atoms with Gasteiger partial charge in [-0.25, -0.2) is 0 Å². The van der Waals surface area contributed by atoms with E-state index in [0.717, 1.165) is 0 Å². The number of amides is 1. The van der Waals surface area contributed by atoms with Crippen molar-refractivity contribution in [3.8, 4) is 5.75 Å². The zero-order valence-corrected chi connectivity index (χ0v) is 12.5. The SMILES string of the molecule is O=C(NCC1CCCCCCC1)c1cccc(O)c1Cl. The molecule has 3 nitrogen and oxygen atoms in total. The Kier molecular flexibility index (Phi) is 5.72. The summed E-state index contributed by atoms with van der Waals surface area (Å²) in [4.78, 5) is 12.1. The molecule has 110 valence electrons. The third-order valence-corrected chi connectivity index (χ3v) is 4.40. The van der Waals surface area contributed by atoms with Crippen molar-refractivity contribution in [3.63, 3.8) is 0 Å². The van der Waals surface area contributed by atoms with E-state index in [1.165, 1.54) is 51.0 Å². The Hall–Kier alpha value is -1.22. The van der Waals surface area contributed by atoms with Crippen LogP contribution in [-0.4, -0.2) is 17.6 Å². The molecule has 4 heteroatoms. The molecular weight excluding hydrogens is 274 g/mol. The van der Waals surface area contributed by atoms with Crippen molar-refractivity contribution in [1.82, 2.24) is 5.32 Å². The highest BCUT2D eigenvalue weighted by Gasteiger charge is 2.16. The number of phenols is 1. The van der Waals surface area contributed by atoms with Crippen molar-refractivity contribution >= 4 is 17.5 Å². The summed E-state index contributed by atoms with van der Waals surface area (Å²) in [5.74, 6) is 0.313. The van der Waals surface area contributed by atoms with E-state index in [0.29, 0.717) is 18.0 Å². The molecule has 0 unspecified atom stereocenters. The molecule has 20 heavy (non-hydrogen) atoms. The summed E-state index contributed by atoms with van der Waals surface area (Å²) in [7, 11) is 0. The van der Waals surface area contributed by atoms with E-state index in [9.17, 15) is 9.90 Å². The van der Waals surface area contributed by atoms with Gasteiger partial charge in [-0.2, -0.15) is 0 Å². The van der Waals surface area contributed by atoms with Crippen LogP contribution in [0.1, 0.15) is 55.3 Å². The topological polar surface area (TPSA) is 49.3 Å². The second kappa shape index (κ2) is 7.53. The minimum absolute atomic E-state index is 0.0507. The molecule has 2 rings (SSSR count). The molecule has 0 saturated heterocycles. The smallest absolute Gasteiger partial charge is 0.252 e. The van der Waals surface area contributed by atoms with Crippen LogP contribution in [-0.2, 0) is 0 Å². The van der Waals surface area contributed by atoms with Gasteiger partial charge in [0.25, 0.3) is 5.91 Å². The molecule has 0 radical (unpaired) electrons. The van der Waals surface area contributed by atoms with Crippen LogP contribution in [0.15, 0.2) is 18.2 Å². The maximum absolute atomic E-state index is 12.1. The van der Waals surface area contributed by atoms with E-state index in [1.54, 1.807) is 12.1 Å². The Bertz CT molecular complexity index is 454. The number of hydrogen-bond acceptors (Lipinski definition) is 2. The molecule has 0 heterocycles. The Morgan fingerprint density at radius 1 is 1.20 bits per heavy atom. The maximum atomic E-state index is 12.1. The maximum Gasteiger partial charge on any atom is 0.252 e. The van der Waals surface area contributed by atoms with Crippen molar-refractivity contribution < 1.29 is 9.90 Å². The lowest BCUT2D eigenvalue weighted by atomic mass is 9.91. The number of carbonyl (C=O) groups excluding carboxylic acids is 1. The first-order valence-corrected chi connectivity index (χ1v) is 7.82. The molecule has 1 aromatic rings. The third-order valence-electron chi connectivity index (χ3n) is 4.00. The predicted molar refractivity (Wildman–Crippen MR) is 81.3 cm³/mol. The van der Waals surface area contributed by atoms with E-state index >= 15 is 0 Å². The molecule has 1 aliphatic rings. The molecule has 1 amide bonds. The monoisotopic (exact) mass is 295 g/mol. The lowest BCUT2D eigenvalue weighted by molar-refractivity contribution is 0.0944. The number of nitrogens with one attached hydrogen (secondary N) is 1. The summed E-state index contributed by atoms with van der Waals surface area (Å²) in [5, 5.41) is 12.6. The van der Waals surface area contributed by atoms with Crippen molar-refractivity contribution in [1.29, 1.82) is 0 Å². The first-order chi connectivity index (χ1) is 9.68. The van der Waals surface area contributed by atoms with E-state index in [4.69, 9.17) is 11.6 Å². The van der Waals surface area contributed by atoms with E-state index < -0.39 is 0 Å². The number of halogens is 1. The Balaban J connectivity index is 1.89. The lowest BCUT2D eigenvalue weighted by Gasteiger charge is -2.20. The highest BCUT2D eigenvalue weighted by atomic mass is 35.5. The largest absolute Gasteiger partial charge is 0.506 e. The number of rotatable bonds is 3. The molecule has 1 saturated carbocycles. The van der Waals surface area contributed by atoms with Crippen LogP contribution in [0.2, 0.25) is 5.02 Å². The summed E-state index contributed by atoms with van der Waals surface area (Å²) in [6.45, 7) is 0.699. The van der Waals surface area contributed by atoms with E-state index in [1.807, 2.05) is 0 Å². The van der Waals surface area contributed by atoms with Gasteiger partial charge in [0.05, 0.1) is 10.6 Å². The lowest BCUT2D eigenvalue weighted by Crippen LogP contribution is -2.29. The van der Waals surface area contributed by atoms with Gasteiger partial charge in [0.15, 0.2) is 0 Å². The van der Waals surface area contributed by atoms with Gasteiger partial charge in [0.2, 0.25) is 0 Å². The zero-order chi connectivity index (χ0) is 14.4. The first-order valence-electron chi connectivity index (χ1n) is 7.44. The highest BCUT2D eigenvalue weighted by Crippen LogP contribution is 2.27. The standard InChI is InChI=1S/C16H22ClNO2/c17-15-13(9-6-10-14(15)19)16(20)18-11-12-7-4-2-1-3-5-8-12/h6,9-10,12,19H,1-5,7-8,11H2,(H,18,20). The second-order valence-electron chi connectivity index (χ2n) is 5.56. The number of phenolic OH excluding ortho intramolecular Hbond substituents is 1. The van der Waals surface area contributed by atoms with Gasteiger partial charge >= 0.3 is 0 Å². The molecule has 1 aromatic carbocycles. The average molecular weight is 296 g/mol. The van der Waals surface area contributed by atoms with Gasteiger partial charge in [-0.1, -0.05) is 49.8 Å². The molecular formula is C16H22ClNO2. The van der Waals surface area contributed by atoms with Crippen molar-refractivity contribution in [2.75, 3.05) is 6.54 Å². The zero-order valence-electron chi connectivity index (χ0n) is 11.7. The van der Waals surface area contributed by atoms with Crippen LogP contribution in [0, 0.1) is 5.92 Å². The van der Waals surface area contributed by atoms with Gasteiger partial charge in [0.1, 0.15) is 5.75 Å². The van der Waals surface area contributed by atoms with Crippen LogP contribution in [0.4, 0.5) is 0 Å². The quantitative estimate of drug-likeness (QED) is 0.880. The Morgan fingerprint density at radius 2 is 1.85 bits per heavy atom. The first kappa shape index (κ1) is 15.2. The fraction of sp³-hybridized carbons (Fsp3) is 0.562. The molecule has 1 fully saturated rings. The molecule has 0 aromatic heterocycles. The summed E-state index contributed by atoms with van der Waals surface area (Å²) in [6, 6.07) is 4.75. The fourth-order valence-electron chi connectivity index (χ4n) is 2.77. The summed E-state index contributed by atoms with van der Waals surface area (Å²) in [5.41, 5.74) is 0.345. The number of carbonyl (C=O) groups is 1. The predicted octanol–water partition coefficient (Wildman–Crippen LogP) is 4.14. The minimum Gasteiger partial charge on any atom is -0.506 e. The number of aromatic hydroxyl groups is 1. The van der Waals surface area contributed by atoms with Crippen LogP contribution >= 0.6 is 11.6 Å². The van der Waals surface area contributed by atoms with Gasteiger partial charge < -0.3 is 10.4 Å². The summed E-state index contributed by atoms with van der Waals surface area (Å²) in [6.07, 6.45) is 8.85. The number of hydrogen-bond donors (Lipinski definition) is 2. The van der Waals surface area contributed by atoms with Crippen LogP contribution in [0.5, 0.6) is 5.75 Å². The molecule has 0 atom stereocenters.